The molecule has 16 heteroatoms. The Kier molecular flexibility index (Phi) is 9.39. The number of carbonyl (C=O) groups is 6. The van der Waals surface area contributed by atoms with Gasteiger partial charge in [0.25, 0.3) is 12.9 Å². The first-order valence-electron chi connectivity index (χ1n) is 6.86. The van der Waals surface area contributed by atoms with E-state index < -0.39 is 63.0 Å². The zero-order chi connectivity index (χ0) is 22.0. The summed E-state index contributed by atoms with van der Waals surface area (Å²) in [6.45, 7) is -2.61. The highest BCUT2D eigenvalue weighted by molar-refractivity contribution is 7.47. The third kappa shape index (κ3) is 7.79. The smallest absolute Gasteiger partial charge is 0.474 e. The van der Waals surface area contributed by atoms with Crippen LogP contribution in [0.25, 0.3) is 0 Å². The van der Waals surface area contributed by atoms with Gasteiger partial charge in [-0.15, -0.1) is 0 Å². The summed E-state index contributed by atoms with van der Waals surface area (Å²) in [5, 5.41) is 26.8. The van der Waals surface area contributed by atoms with E-state index in [4.69, 9.17) is 10.2 Å². The Labute approximate surface area is 155 Å². The van der Waals surface area contributed by atoms with Crippen LogP contribution in [0.2, 0.25) is 0 Å². The van der Waals surface area contributed by atoms with E-state index in [-0.39, 0.29) is 19.2 Å². The molecule has 0 saturated carbocycles. The Hall–Kier alpha value is -2.87. The summed E-state index contributed by atoms with van der Waals surface area (Å²) in [4.78, 5) is 74.8. The lowest BCUT2D eigenvalue weighted by Crippen LogP contribution is -2.47. The first kappa shape index (κ1) is 25.1. The molecule has 0 heterocycles. The van der Waals surface area contributed by atoms with Crippen molar-refractivity contribution < 1.29 is 72.1 Å². The zero-order valence-corrected chi connectivity index (χ0v) is 14.7. The van der Waals surface area contributed by atoms with Gasteiger partial charge in [0.1, 0.15) is 13.2 Å². The Morgan fingerprint density at radius 3 is 1.57 bits per heavy atom. The van der Waals surface area contributed by atoms with Crippen LogP contribution in [0.1, 0.15) is 12.8 Å². The lowest BCUT2D eigenvalue weighted by molar-refractivity contribution is -0.171. The third-order valence-electron chi connectivity index (χ3n) is 2.86. The van der Waals surface area contributed by atoms with Gasteiger partial charge in [-0.2, -0.15) is 0 Å². The minimum Gasteiger partial charge on any atom is -0.481 e. The predicted molar refractivity (Wildman–Crippen MR) is 79.7 cm³/mol. The van der Waals surface area contributed by atoms with Gasteiger partial charge in [0.05, 0.1) is 12.8 Å². The topological polar surface area (TPSA) is 237 Å². The highest BCUT2D eigenvalue weighted by Gasteiger charge is 2.52. The number of ether oxygens (including phenoxy) is 2. The van der Waals surface area contributed by atoms with Crippen LogP contribution in [-0.4, -0.2) is 81.8 Å². The molecule has 0 spiro atoms. The van der Waals surface area contributed by atoms with Crippen molar-refractivity contribution in [2.75, 3.05) is 13.2 Å². The van der Waals surface area contributed by atoms with Crippen molar-refractivity contribution in [2.24, 2.45) is 0 Å². The van der Waals surface area contributed by atoms with Crippen molar-refractivity contribution in [2.45, 2.75) is 24.0 Å². The van der Waals surface area contributed by atoms with E-state index in [0.717, 1.165) is 0 Å². The number of aliphatic carboxylic acids is 3. The van der Waals surface area contributed by atoms with Crippen LogP contribution < -0.4 is 0 Å². The second kappa shape index (κ2) is 10.5. The molecule has 0 aromatic rings. The number of carboxylic acid groups (broad SMARTS) is 3. The van der Waals surface area contributed by atoms with Gasteiger partial charge in [-0.3, -0.25) is 33.0 Å². The van der Waals surface area contributed by atoms with Crippen molar-refractivity contribution in [1.82, 2.24) is 0 Å². The van der Waals surface area contributed by atoms with Gasteiger partial charge < -0.3 is 29.7 Å². The number of hydrogen-bond donors (Lipinski definition) is 4. The summed E-state index contributed by atoms with van der Waals surface area (Å²) >= 11 is 0. The lowest BCUT2D eigenvalue weighted by Gasteiger charge is -2.32. The molecule has 0 fully saturated rings. The normalized spacial score (nSPS) is 13.6. The predicted octanol–water partition coefficient (Wildman–Crippen LogP) is -1.82. The van der Waals surface area contributed by atoms with Gasteiger partial charge >= 0.3 is 25.7 Å². The molecule has 1 atom stereocenters. The summed E-state index contributed by atoms with van der Waals surface area (Å²) in [5.74, 6) is -6.04. The van der Waals surface area contributed by atoms with Gasteiger partial charge in [0, 0.05) is 0 Å². The number of carbonyl (C=O) groups excluding carboxylic acids is 3. The standard InChI is InChI=1S/C12H15O15P/c13-3-11(4-24-6-14,5-25-7-15)26-28(22,23)27-12(10(20)21,1-8(16)17)2-9(18)19/h3,6-7H,1-2,4-5H2,(H,16,17)(H,18,19)(H,20,21)(H,22,23). The minimum absolute atomic E-state index is 0.206. The zero-order valence-electron chi connectivity index (χ0n) is 13.8. The van der Waals surface area contributed by atoms with Crippen molar-refractivity contribution in [1.29, 1.82) is 0 Å². The van der Waals surface area contributed by atoms with E-state index in [1.54, 1.807) is 0 Å². The largest absolute Gasteiger partial charge is 0.481 e. The minimum atomic E-state index is -5.73. The molecule has 0 aliphatic carbocycles. The van der Waals surface area contributed by atoms with Gasteiger partial charge in [-0.1, -0.05) is 0 Å². The fourth-order valence-corrected chi connectivity index (χ4v) is 3.10. The quantitative estimate of drug-likeness (QED) is 0.156. The van der Waals surface area contributed by atoms with Crippen LogP contribution >= 0.6 is 7.82 Å². The number of rotatable bonds is 16. The molecule has 0 rings (SSSR count). The van der Waals surface area contributed by atoms with Crippen molar-refractivity contribution >= 4 is 45.0 Å². The number of aldehydes is 1. The van der Waals surface area contributed by atoms with E-state index in [2.05, 4.69) is 18.5 Å². The first-order valence-corrected chi connectivity index (χ1v) is 8.35. The van der Waals surface area contributed by atoms with E-state index in [1.807, 2.05) is 0 Å². The number of phosphoric ester groups is 1. The Morgan fingerprint density at radius 2 is 1.29 bits per heavy atom. The number of hydrogen-bond acceptors (Lipinski definition) is 11. The van der Waals surface area contributed by atoms with Gasteiger partial charge in [-0.05, 0) is 0 Å². The second-order valence-electron chi connectivity index (χ2n) is 5.09. The molecule has 0 aromatic heterocycles. The Morgan fingerprint density at radius 1 is 0.857 bits per heavy atom. The molecule has 15 nitrogen and oxygen atoms in total. The Bertz CT molecular complexity index is 642. The molecule has 1 unspecified atom stereocenters. The monoisotopic (exact) mass is 430 g/mol. The molecule has 0 aliphatic rings. The van der Waals surface area contributed by atoms with Gasteiger partial charge in [0.15, 0.2) is 11.9 Å². The van der Waals surface area contributed by atoms with E-state index >= 15 is 0 Å². The molecule has 0 saturated heterocycles. The van der Waals surface area contributed by atoms with Crippen molar-refractivity contribution in [3.8, 4) is 0 Å². The maximum Gasteiger partial charge on any atom is 0.474 e. The molecule has 0 aromatic carbocycles. The van der Waals surface area contributed by atoms with Crippen LogP contribution in [0, 0.1) is 0 Å². The molecule has 0 aliphatic heterocycles. The molecule has 0 bridgehead atoms. The molecule has 0 amide bonds. The van der Waals surface area contributed by atoms with Crippen LogP contribution in [0.3, 0.4) is 0 Å². The van der Waals surface area contributed by atoms with E-state index in [0.29, 0.717) is 0 Å². The highest BCUT2D eigenvalue weighted by atomic mass is 31.2. The highest BCUT2D eigenvalue weighted by Crippen LogP contribution is 2.52. The summed E-state index contributed by atoms with van der Waals surface area (Å²) in [5.41, 5.74) is -5.92. The number of carboxylic acids is 3. The van der Waals surface area contributed by atoms with Crippen molar-refractivity contribution in [3.05, 3.63) is 0 Å². The maximum absolute atomic E-state index is 12.2. The third-order valence-corrected chi connectivity index (χ3v) is 4.03. The fourth-order valence-electron chi connectivity index (χ4n) is 1.81. The molecule has 28 heavy (non-hydrogen) atoms. The Balaban J connectivity index is 5.94. The molecular weight excluding hydrogens is 415 g/mol. The van der Waals surface area contributed by atoms with Crippen molar-refractivity contribution in [3.63, 3.8) is 0 Å². The maximum atomic E-state index is 12.2. The molecule has 0 radical (unpaired) electrons. The van der Waals surface area contributed by atoms with Gasteiger partial charge in [0.2, 0.25) is 5.60 Å². The average Bonchev–Trinajstić information content (AvgIpc) is 2.55. The first-order chi connectivity index (χ1) is 12.9. The molecule has 4 N–H and O–H groups in total. The summed E-state index contributed by atoms with van der Waals surface area (Å²) in [7, 11) is -5.73. The second-order valence-corrected chi connectivity index (χ2v) is 6.39. The van der Waals surface area contributed by atoms with E-state index in [9.17, 15) is 43.3 Å². The van der Waals surface area contributed by atoms with Crippen LogP contribution in [0.5, 0.6) is 0 Å². The van der Waals surface area contributed by atoms with E-state index in [1.165, 1.54) is 0 Å². The van der Waals surface area contributed by atoms with Crippen LogP contribution in [-0.2, 0) is 51.9 Å². The average molecular weight is 430 g/mol. The summed E-state index contributed by atoms with van der Waals surface area (Å²) < 4.78 is 29.4. The van der Waals surface area contributed by atoms with Crippen LogP contribution in [0.15, 0.2) is 0 Å². The SMILES string of the molecule is O=COCC(C=O)(COC=O)OP(=O)(O)OC(CC(=O)O)(CC(=O)O)C(=O)O. The molecular formula is C12H15O15P. The molecule has 158 valence electrons. The summed E-state index contributed by atoms with van der Waals surface area (Å²) in [6, 6.07) is 0. The summed E-state index contributed by atoms with van der Waals surface area (Å²) in [6.07, 6.45) is -3.39. The van der Waals surface area contributed by atoms with Crippen LogP contribution in [0.4, 0.5) is 0 Å². The lowest BCUT2D eigenvalue weighted by atomic mass is 9.96. The van der Waals surface area contributed by atoms with Gasteiger partial charge in [-0.25, -0.2) is 9.36 Å². The number of phosphoric acid groups is 1. The fraction of sp³-hybridized carbons (Fsp3) is 0.500.